The van der Waals surface area contributed by atoms with Crippen molar-refractivity contribution in [1.82, 2.24) is 5.32 Å². The Kier molecular flexibility index (Phi) is 6.03. The number of benzene rings is 2. The summed E-state index contributed by atoms with van der Waals surface area (Å²) in [5.41, 5.74) is 2.62. The van der Waals surface area contributed by atoms with E-state index in [4.69, 9.17) is 13.9 Å². The molecule has 0 radical (unpaired) electrons. The predicted molar refractivity (Wildman–Crippen MR) is 121 cm³/mol. The second-order valence-electron chi connectivity index (χ2n) is 8.19. The molecule has 1 N–H and O–H groups in total. The Morgan fingerprint density at radius 3 is 2.39 bits per heavy atom. The van der Waals surface area contributed by atoms with E-state index < -0.39 is 0 Å². The van der Waals surface area contributed by atoms with Gasteiger partial charge in [-0.3, -0.25) is 4.79 Å². The maximum atomic E-state index is 13.0. The molecule has 1 heterocycles. The molecule has 0 spiro atoms. The van der Waals surface area contributed by atoms with Crippen LogP contribution < -0.4 is 14.8 Å². The monoisotopic (exact) mass is 419 g/mol. The van der Waals surface area contributed by atoms with E-state index in [0.29, 0.717) is 29.4 Å². The summed E-state index contributed by atoms with van der Waals surface area (Å²) in [5, 5.41) is 3.18. The molecule has 1 fully saturated rings. The SMILES string of the molecule is COc1ccc(C2(CNC(=O)c3cc(-c4ccccc4)oc3C)CCCC2)cc1OC. The van der Waals surface area contributed by atoms with E-state index >= 15 is 0 Å². The number of hydrogen-bond acceptors (Lipinski definition) is 4. The first-order chi connectivity index (χ1) is 15.1. The van der Waals surface area contributed by atoms with Crippen LogP contribution in [0.25, 0.3) is 11.3 Å². The highest BCUT2D eigenvalue weighted by Crippen LogP contribution is 2.43. The van der Waals surface area contributed by atoms with E-state index in [9.17, 15) is 4.79 Å². The highest BCUT2D eigenvalue weighted by molar-refractivity contribution is 5.96. The average Bonchev–Trinajstić information content (AvgIpc) is 3.45. The molecule has 4 rings (SSSR count). The second-order valence-corrected chi connectivity index (χ2v) is 8.19. The quantitative estimate of drug-likeness (QED) is 0.548. The first kappa shape index (κ1) is 21.0. The largest absolute Gasteiger partial charge is 0.493 e. The van der Waals surface area contributed by atoms with Crippen molar-refractivity contribution in [2.75, 3.05) is 20.8 Å². The van der Waals surface area contributed by atoms with E-state index in [-0.39, 0.29) is 11.3 Å². The minimum absolute atomic E-state index is 0.102. The molecule has 31 heavy (non-hydrogen) atoms. The van der Waals surface area contributed by atoms with Crippen LogP contribution in [0.1, 0.15) is 47.4 Å². The minimum atomic E-state index is -0.102. The fraction of sp³-hybridized carbons (Fsp3) is 0.346. The standard InChI is InChI=1S/C26H29NO4/c1-18-21(16-23(31-18)19-9-5-4-6-10-19)25(28)27-17-26(13-7-8-14-26)20-11-12-22(29-2)24(15-20)30-3/h4-6,9-12,15-16H,7-8,13-14,17H2,1-3H3,(H,27,28). The van der Waals surface area contributed by atoms with Gasteiger partial charge in [0, 0.05) is 17.5 Å². The molecule has 0 atom stereocenters. The van der Waals surface area contributed by atoms with Gasteiger partial charge in [0.1, 0.15) is 11.5 Å². The third-order valence-corrected chi connectivity index (χ3v) is 6.36. The molecule has 162 valence electrons. The van der Waals surface area contributed by atoms with Crippen molar-refractivity contribution in [2.24, 2.45) is 0 Å². The molecule has 1 aliphatic carbocycles. The molecule has 0 bridgehead atoms. The number of nitrogens with one attached hydrogen (secondary N) is 1. The smallest absolute Gasteiger partial charge is 0.254 e. The molecular weight excluding hydrogens is 390 g/mol. The highest BCUT2D eigenvalue weighted by atomic mass is 16.5. The van der Waals surface area contributed by atoms with Crippen molar-refractivity contribution < 1.29 is 18.7 Å². The van der Waals surface area contributed by atoms with Crippen LogP contribution in [0.15, 0.2) is 59.0 Å². The predicted octanol–water partition coefficient (Wildman–Crippen LogP) is 5.51. The van der Waals surface area contributed by atoms with Crippen LogP contribution in [0.5, 0.6) is 11.5 Å². The molecule has 0 unspecified atom stereocenters. The van der Waals surface area contributed by atoms with Gasteiger partial charge in [-0.05, 0) is 43.5 Å². The maximum absolute atomic E-state index is 13.0. The maximum Gasteiger partial charge on any atom is 0.254 e. The van der Waals surface area contributed by atoms with Crippen LogP contribution in [0.2, 0.25) is 0 Å². The Balaban J connectivity index is 1.54. The van der Waals surface area contributed by atoms with Gasteiger partial charge in [-0.1, -0.05) is 49.2 Å². The molecule has 1 aromatic heterocycles. The zero-order valence-corrected chi connectivity index (χ0v) is 18.4. The Hall–Kier alpha value is -3.21. The Morgan fingerprint density at radius 2 is 1.71 bits per heavy atom. The molecule has 0 saturated heterocycles. The van der Waals surface area contributed by atoms with Gasteiger partial charge in [0.05, 0.1) is 19.8 Å². The molecule has 5 heteroatoms. The first-order valence-electron chi connectivity index (χ1n) is 10.7. The lowest BCUT2D eigenvalue weighted by Crippen LogP contribution is -2.39. The topological polar surface area (TPSA) is 60.7 Å². The number of amides is 1. The summed E-state index contributed by atoms with van der Waals surface area (Å²) >= 11 is 0. The number of methoxy groups -OCH3 is 2. The molecular formula is C26H29NO4. The third kappa shape index (κ3) is 4.18. The molecule has 3 aromatic rings. The Morgan fingerprint density at radius 1 is 1.00 bits per heavy atom. The van der Waals surface area contributed by atoms with Gasteiger partial charge < -0.3 is 19.2 Å². The number of ether oxygens (including phenoxy) is 2. The lowest BCUT2D eigenvalue weighted by Gasteiger charge is -2.30. The van der Waals surface area contributed by atoms with Crippen molar-refractivity contribution in [3.63, 3.8) is 0 Å². The van der Waals surface area contributed by atoms with Crippen LogP contribution in [0.4, 0.5) is 0 Å². The first-order valence-corrected chi connectivity index (χ1v) is 10.7. The second kappa shape index (κ2) is 8.88. The van der Waals surface area contributed by atoms with Gasteiger partial charge in [-0.2, -0.15) is 0 Å². The molecule has 1 aliphatic rings. The summed E-state index contributed by atoms with van der Waals surface area (Å²) in [5.74, 6) is 2.67. The average molecular weight is 420 g/mol. The van der Waals surface area contributed by atoms with Crippen molar-refractivity contribution in [1.29, 1.82) is 0 Å². The summed E-state index contributed by atoms with van der Waals surface area (Å²) in [7, 11) is 3.29. The summed E-state index contributed by atoms with van der Waals surface area (Å²) in [4.78, 5) is 13.0. The Labute approximate surface area is 183 Å². The van der Waals surface area contributed by atoms with Gasteiger partial charge in [0.25, 0.3) is 5.91 Å². The summed E-state index contributed by atoms with van der Waals surface area (Å²) < 4.78 is 16.8. The van der Waals surface area contributed by atoms with E-state index in [1.54, 1.807) is 14.2 Å². The van der Waals surface area contributed by atoms with Crippen molar-refractivity contribution in [2.45, 2.75) is 38.0 Å². The number of hydrogen-bond donors (Lipinski definition) is 1. The minimum Gasteiger partial charge on any atom is -0.493 e. The lowest BCUT2D eigenvalue weighted by molar-refractivity contribution is 0.0941. The van der Waals surface area contributed by atoms with E-state index in [1.165, 1.54) is 5.56 Å². The van der Waals surface area contributed by atoms with Crippen molar-refractivity contribution >= 4 is 5.91 Å². The summed E-state index contributed by atoms with van der Waals surface area (Å²) in [6.07, 6.45) is 4.35. The number of carbonyl (C=O) groups is 1. The number of furan rings is 1. The third-order valence-electron chi connectivity index (χ3n) is 6.36. The van der Waals surface area contributed by atoms with E-state index in [1.807, 2.05) is 55.5 Å². The number of carbonyl (C=O) groups excluding carboxylic acids is 1. The van der Waals surface area contributed by atoms with Crippen LogP contribution in [0, 0.1) is 6.92 Å². The fourth-order valence-corrected chi connectivity index (χ4v) is 4.58. The van der Waals surface area contributed by atoms with Gasteiger partial charge >= 0.3 is 0 Å². The van der Waals surface area contributed by atoms with Gasteiger partial charge in [-0.15, -0.1) is 0 Å². The van der Waals surface area contributed by atoms with Crippen LogP contribution in [0.3, 0.4) is 0 Å². The fourth-order valence-electron chi connectivity index (χ4n) is 4.58. The van der Waals surface area contributed by atoms with Crippen LogP contribution >= 0.6 is 0 Å². The zero-order chi connectivity index (χ0) is 21.8. The number of rotatable bonds is 7. The molecule has 1 amide bonds. The van der Waals surface area contributed by atoms with Crippen molar-refractivity contribution in [3.8, 4) is 22.8 Å². The van der Waals surface area contributed by atoms with Gasteiger partial charge in [0.15, 0.2) is 11.5 Å². The molecule has 0 aliphatic heterocycles. The molecule has 2 aromatic carbocycles. The van der Waals surface area contributed by atoms with E-state index in [2.05, 4.69) is 11.4 Å². The van der Waals surface area contributed by atoms with Crippen LogP contribution in [-0.2, 0) is 5.41 Å². The normalized spacial score (nSPS) is 14.9. The molecule has 1 saturated carbocycles. The number of aryl methyl sites for hydroxylation is 1. The van der Waals surface area contributed by atoms with Crippen molar-refractivity contribution in [3.05, 3.63) is 71.5 Å². The van der Waals surface area contributed by atoms with Gasteiger partial charge in [-0.25, -0.2) is 0 Å². The van der Waals surface area contributed by atoms with E-state index in [0.717, 1.165) is 37.0 Å². The summed E-state index contributed by atoms with van der Waals surface area (Å²) in [6.45, 7) is 2.41. The molecule has 5 nitrogen and oxygen atoms in total. The van der Waals surface area contributed by atoms with Crippen LogP contribution in [-0.4, -0.2) is 26.7 Å². The summed E-state index contributed by atoms with van der Waals surface area (Å²) in [6, 6.07) is 17.7. The Bertz CT molecular complexity index is 1050. The lowest BCUT2D eigenvalue weighted by atomic mass is 9.78. The zero-order valence-electron chi connectivity index (χ0n) is 18.4. The van der Waals surface area contributed by atoms with Gasteiger partial charge in [0.2, 0.25) is 0 Å². The highest BCUT2D eigenvalue weighted by Gasteiger charge is 2.37.